The van der Waals surface area contributed by atoms with Gasteiger partial charge in [-0.1, -0.05) is 0 Å². The van der Waals surface area contributed by atoms with Gasteiger partial charge < -0.3 is 10.5 Å². The van der Waals surface area contributed by atoms with Gasteiger partial charge in [0.05, 0.1) is 13.2 Å². The Morgan fingerprint density at radius 1 is 1.65 bits per heavy atom. The lowest BCUT2D eigenvalue weighted by Gasteiger charge is -2.13. The molecule has 1 amide bonds. The van der Waals surface area contributed by atoms with Gasteiger partial charge in [0, 0.05) is 0 Å². The van der Waals surface area contributed by atoms with E-state index < -0.39 is 20.3 Å². The van der Waals surface area contributed by atoms with Crippen LogP contribution in [0.15, 0.2) is 6.33 Å². The van der Waals surface area contributed by atoms with Crippen LogP contribution in [-0.4, -0.2) is 50.3 Å². The number of rotatable bonds is 6. The maximum Gasteiger partial charge on any atom is 0.569 e. The van der Waals surface area contributed by atoms with Crippen molar-refractivity contribution in [2.24, 2.45) is 5.73 Å². The first-order chi connectivity index (χ1) is 9.41. The molecule has 1 aromatic heterocycles. The molecule has 0 spiro atoms. The van der Waals surface area contributed by atoms with Gasteiger partial charge >= 0.3 is 8.17 Å². The molecule has 1 unspecified atom stereocenters. The zero-order chi connectivity index (χ0) is 14.8. The van der Waals surface area contributed by atoms with Crippen LogP contribution in [0.2, 0.25) is 0 Å². The molecule has 1 fully saturated rings. The summed E-state index contributed by atoms with van der Waals surface area (Å²) in [5.41, 5.74) is 5.06. The average Bonchev–Trinajstić information content (AvgIpc) is 3.05. The number of nitrogens with zero attached hydrogens (tertiary/aromatic N) is 3. The van der Waals surface area contributed by atoms with Crippen molar-refractivity contribution in [3.8, 4) is 0 Å². The van der Waals surface area contributed by atoms with Gasteiger partial charge in [0.2, 0.25) is 5.82 Å². The summed E-state index contributed by atoms with van der Waals surface area (Å²) >= 11 is 0. The minimum Gasteiger partial charge on any atom is -0.363 e. The van der Waals surface area contributed by atoms with Gasteiger partial charge in [-0.3, -0.25) is 4.79 Å². The number of nitrogens with two attached hydrogens (primary N) is 1. The SMILES string of the molecule is CO[P+](O)(O)OCC1CC[C@H](n2cnc(C(N)=O)n2)O1. The molecule has 20 heavy (non-hydrogen) atoms. The fourth-order valence-electron chi connectivity index (χ4n) is 1.76. The van der Waals surface area contributed by atoms with Crippen LogP contribution in [0.5, 0.6) is 0 Å². The average molecular weight is 307 g/mol. The van der Waals surface area contributed by atoms with E-state index in [1.165, 1.54) is 11.0 Å². The highest BCUT2D eigenvalue weighted by atomic mass is 31.2. The van der Waals surface area contributed by atoms with Gasteiger partial charge in [0.25, 0.3) is 5.91 Å². The second-order valence-corrected chi connectivity index (χ2v) is 5.78. The molecule has 2 rings (SSSR count). The lowest BCUT2D eigenvalue weighted by molar-refractivity contribution is -0.0317. The van der Waals surface area contributed by atoms with Crippen LogP contribution in [0.3, 0.4) is 0 Å². The Morgan fingerprint density at radius 3 is 3.00 bits per heavy atom. The Hall–Kier alpha value is -1.16. The monoisotopic (exact) mass is 307 g/mol. The van der Waals surface area contributed by atoms with Gasteiger partial charge in [-0.25, -0.2) is 9.67 Å². The number of carbonyl (C=O) groups excluding carboxylic acids is 1. The van der Waals surface area contributed by atoms with E-state index in [0.29, 0.717) is 12.8 Å². The van der Waals surface area contributed by atoms with E-state index in [9.17, 15) is 14.6 Å². The highest BCUT2D eigenvalue weighted by Gasteiger charge is 2.40. The van der Waals surface area contributed by atoms with Gasteiger partial charge in [-0.15, -0.1) is 5.10 Å². The molecule has 11 heteroatoms. The standard InChI is InChI=1S/C9H15N4O6P/c1-17-20(15,16)18-4-6-2-3-7(19-6)13-5-11-9(12-13)8(10)14/h5-7,15-16H,2-4H2,1H3,(H-,10,14)/p+1/t6?,7-/m1/s1. The van der Waals surface area contributed by atoms with E-state index >= 15 is 0 Å². The predicted octanol–water partition coefficient (Wildman–Crippen LogP) is -0.620. The van der Waals surface area contributed by atoms with E-state index in [1.807, 2.05) is 0 Å². The van der Waals surface area contributed by atoms with Crippen molar-refractivity contribution in [2.45, 2.75) is 25.2 Å². The van der Waals surface area contributed by atoms with Crippen molar-refractivity contribution in [1.82, 2.24) is 14.8 Å². The summed E-state index contributed by atoms with van der Waals surface area (Å²) in [6.07, 6.45) is 1.91. The largest absolute Gasteiger partial charge is 0.569 e. The Labute approximate surface area is 115 Å². The van der Waals surface area contributed by atoms with Crippen molar-refractivity contribution in [3.05, 3.63) is 12.2 Å². The number of aromatic nitrogens is 3. The molecule has 1 aromatic rings. The van der Waals surface area contributed by atoms with Crippen molar-refractivity contribution >= 4 is 14.1 Å². The Balaban J connectivity index is 1.87. The Bertz CT molecular complexity index is 481. The summed E-state index contributed by atoms with van der Waals surface area (Å²) in [6, 6.07) is 0. The molecule has 1 saturated heterocycles. The van der Waals surface area contributed by atoms with Crippen molar-refractivity contribution < 1.29 is 28.4 Å². The molecule has 0 saturated carbocycles. The summed E-state index contributed by atoms with van der Waals surface area (Å²) in [7, 11) is -2.61. The number of hydrogen-bond acceptors (Lipinski definition) is 8. The second-order valence-electron chi connectivity index (χ2n) is 4.17. The zero-order valence-corrected chi connectivity index (χ0v) is 11.6. The molecule has 2 atom stereocenters. The summed E-state index contributed by atoms with van der Waals surface area (Å²) in [5, 5.41) is 3.90. The summed E-state index contributed by atoms with van der Waals surface area (Å²) in [6.45, 7) is -0.0114. The number of primary amides is 1. The molecule has 2 heterocycles. The number of amides is 1. The topological polar surface area (TPSA) is 142 Å². The van der Waals surface area contributed by atoms with E-state index in [4.69, 9.17) is 15.0 Å². The van der Waals surface area contributed by atoms with Crippen molar-refractivity contribution in [1.29, 1.82) is 0 Å². The van der Waals surface area contributed by atoms with Crippen LogP contribution in [0.1, 0.15) is 29.7 Å². The fraction of sp³-hybridized carbons (Fsp3) is 0.667. The van der Waals surface area contributed by atoms with Gasteiger partial charge in [0.1, 0.15) is 12.9 Å². The third kappa shape index (κ3) is 3.69. The molecule has 10 nitrogen and oxygen atoms in total. The smallest absolute Gasteiger partial charge is 0.363 e. The lowest BCUT2D eigenvalue weighted by Crippen LogP contribution is -2.18. The van der Waals surface area contributed by atoms with E-state index in [-0.39, 0.29) is 18.5 Å². The number of carbonyl (C=O) groups is 1. The maximum atomic E-state index is 10.9. The quantitative estimate of drug-likeness (QED) is 0.590. The van der Waals surface area contributed by atoms with Gasteiger partial charge in [0.15, 0.2) is 6.23 Å². The van der Waals surface area contributed by atoms with Gasteiger partial charge in [-0.2, -0.15) is 18.8 Å². The van der Waals surface area contributed by atoms with Gasteiger partial charge in [-0.05, 0) is 12.8 Å². The summed E-state index contributed by atoms with van der Waals surface area (Å²) in [4.78, 5) is 33.1. The van der Waals surface area contributed by atoms with Crippen LogP contribution in [0.25, 0.3) is 0 Å². The number of hydrogen-bond donors (Lipinski definition) is 3. The molecular weight excluding hydrogens is 291 g/mol. The molecule has 112 valence electrons. The van der Waals surface area contributed by atoms with Crippen LogP contribution < -0.4 is 5.73 Å². The summed E-state index contributed by atoms with van der Waals surface area (Å²) < 4.78 is 16.3. The third-order valence-electron chi connectivity index (χ3n) is 2.78. The molecule has 0 aliphatic carbocycles. The first-order valence-corrected chi connectivity index (χ1v) is 7.35. The van der Waals surface area contributed by atoms with E-state index in [2.05, 4.69) is 14.6 Å². The molecule has 1 aliphatic rings. The molecule has 1 aliphatic heterocycles. The lowest BCUT2D eigenvalue weighted by atomic mass is 10.2. The van der Waals surface area contributed by atoms with E-state index in [1.54, 1.807) is 0 Å². The van der Waals surface area contributed by atoms with Crippen molar-refractivity contribution in [2.75, 3.05) is 13.7 Å². The van der Waals surface area contributed by atoms with Crippen LogP contribution >= 0.6 is 8.17 Å². The normalized spacial score (nSPS) is 23.1. The van der Waals surface area contributed by atoms with E-state index in [0.717, 1.165) is 7.11 Å². The maximum absolute atomic E-state index is 10.9. The van der Waals surface area contributed by atoms with Crippen molar-refractivity contribution in [3.63, 3.8) is 0 Å². The second kappa shape index (κ2) is 6.08. The Kier molecular flexibility index (Phi) is 4.63. The first-order valence-electron chi connectivity index (χ1n) is 5.82. The molecule has 0 aromatic carbocycles. The van der Waals surface area contributed by atoms with Crippen LogP contribution in [0, 0.1) is 0 Å². The third-order valence-corrected chi connectivity index (χ3v) is 3.74. The zero-order valence-electron chi connectivity index (χ0n) is 10.7. The molecule has 0 radical (unpaired) electrons. The minimum atomic E-state index is -3.75. The highest BCUT2D eigenvalue weighted by Crippen LogP contribution is 2.51. The predicted molar refractivity (Wildman–Crippen MR) is 66.0 cm³/mol. The minimum absolute atomic E-state index is 0.0114. The highest BCUT2D eigenvalue weighted by molar-refractivity contribution is 7.54. The summed E-state index contributed by atoms with van der Waals surface area (Å²) in [5.74, 6) is -0.791. The Morgan fingerprint density at radius 2 is 2.40 bits per heavy atom. The van der Waals surface area contributed by atoms with Crippen LogP contribution in [-0.2, 0) is 13.8 Å². The van der Waals surface area contributed by atoms with Crippen LogP contribution in [0.4, 0.5) is 0 Å². The molecule has 4 N–H and O–H groups in total. The fourth-order valence-corrected chi connectivity index (χ4v) is 2.23. The first kappa shape index (κ1) is 15.2. The number of ether oxygens (including phenoxy) is 1. The molecular formula is C9H16N4O6P+. The molecule has 0 bridgehead atoms.